The largest absolute Gasteiger partial charge is 0.497 e. The van der Waals surface area contributed by atoms with Gasteiger partial charge < -0.3 is 50.9 Å². The van der Waals surface area contributed by atoms with Crippen LogP contribution in [0.25, 0.3) is 0 Å². The molecule has 0 saturated carbocycles. The Morgan fingerprint density at radius 2 is 1.20 bits per heavy atom. The summed E-state index contributed by atoms with van der Waals surface area (Å²) in [6, 6.07) is 34.1. The van der Waals surface area contributed by atoms with Gasteiger partial charge in [0.25, 0.3) is 11.8 Å². The van der Waals surface area contributed by atoms with Crippen molar-refractivity contribution >= 4 is 23.9 Å². The highest BCUT2D eigenvalue weighted by Crippen LogP contribution is 2.33. The molecule has 0 aliphatic rings. The number of benzene rings is 5. The minimum atomic E-state index is -1.79. The lowest BCUT2D eigenvalue weighted by atomic mass is 9.96. The number of carbonyl (C=O) groups is 3. The number of anilines is 1. The third-order valence-corrected chi connectivity index (χ3v) is 10.5. The Hall–Kier alpha value is -6.00. The molecule has 0 spiro atoms. The topological polar surface area (TPSA) is 209 Å². The maximum Gasteiger partial charge on any atom is 0.251 e. The highest BCUT2D eigenvalue weighted by atomic mass is 19.1. The fourth-order valence-corrected chi connectivity index (χ4v) is 6.80. The van der Waals surface area contributed by atoms with Crippen LogP contribution >= 0.6 is 0 Å². The molecule has 0 bridgehead atoms. The Labute approximate surface area is 353 Å². The average Bonchev–Trinajstić information content (AvgIpc) is 3.29. The summed E-state index contributed by atoms with van der Waals surface area (Å²) in [6.45, 7) is -0.952. The summed E-state index contributed by atoms with van der Waals surface area (Å²) < 4.78 is 18.7. The van der Waals surface area contributed by atoms with Gasteiger partial charge >= 0.3 is 0 Å². The lowest BCUT2D eigenvalue weighted by Crippen LogP contribution is -2.49. The summed E-state index contributed by atoms with van der Waals surface area (Å²) in [5.41, 5.74) is 5.60. The van der Waals surface area contributed by atoms with Crippen LogP contribution in [0, 0.1) is 5.82 Å². The molecule has 0 aliphatic heterocycles. The van der Waals surface area contributed by atoms with E-state index in [1.54, 1.807) is 60.5 Å². The number of hydrogen-bond acceptors (Lipinski definition) is 10. The molecule has 0 radical (unpaired) electrons. The molecule has 322 valence electrons. The molecule has 8 N–H and O–H groups in total. The Morgan fingerprint density at radius 3 is 1.74 bits per heavy atom. The van der Waals surface area contributed by atoms with E-state index in [9.17, 15) is 44.3 Å². The van der Waals surface area contributed by atoms with Gasteiger partial charge in [0.15, 0.2) is 0 Å². The van der Waals surface area contributed by atoms with Crippen LogP contribution in [0.15, 0.2) is 121 Å². The van der Waals surface area contributed by atoms with E-state index in [2.05, 4.69) is 10.6 Å². The van der Waals surface area contributed by atoms with Crippen molar-refractivity contribution in [3.63, 3.8) is 0 Å². The quantitative estimate of drug-likeness (QED) is 0.0468. The average molecular weight is 838 g/mol. The highest BCUT2D eigenvalue weighted by molar-refractivity contribution is 5.94. The molecule has 0 aliphatic carbocycles. The Bertz CT molecular complexity index is 2140. The van der Waals surface area contributed by atoms with Gasteiger partial charge in [-0.3, -0.25) is 14.4 Å². The Kier molecular flexibility index (Phi) is 17.0. The summed E-state index contributed by atoms with van der Waals surface area (Å²) in [5.74, 6) is -0.478. The van der Waals surface area contributed by atoms with E-state index in [0.717, 1.165) is 28.7 Å². The van der Waals surface area contributed by atoms with Crippen LogP contribution < -0.4 is 20.3 Å². The fourth-order valence-electron chi connectivity index (χ4n) is 6.80. The number of halogens is 1. The van der Waals surface area contributed by atoms with Crippen molar-refractivity contribution in [3.05, 3.63) is 166 Å². The molecule has 14 heteroatoms. The molecule has 0 saturated heterocycles. The number of ether oxygens (including phenoxy) is 1. The number of carbonyl (C=O) groups excluding carboxylic acids is 3. The van der Waals surface area contributed by atoms with Gasteiger partial charge in [0.05, 0.1) is 32.0 Å². The minimum Gasteiger partial charge on any atom is -0.497 e. The summed E-state index contributed by atoms with van der Waals surface area (Å²) in [5, 5.41) is 64.2. The van der Waals surface area contributed by atoms with Crippen LogP contribution in [0.5, 0.6) is 5.75 Å². The molecule has 0 heterocycles. The molecule has 13 nitrogen and oxygen atoms in total. The molecule has 0 aromatic heterocycles. The number of aliphatic hydroxyl groups is 6. The number of nitrogens with zero attached hydrogens (tertiary/aromatic N) is 1. The van der Waals surface area contributed by atoms with E-state index in [-0.39, 0.29) is 24.3 Å². The lowest BCUT2D eigenvalue weighted by molar-refractivity contribution is -0.113. The molecule has 5 rings (SSSR count). The summed E-state index contributed by atoms with van der Waals surface area (Å²) in [7, 11) is 1.58. The molecule has 3 amide bonds. The first-order valence-electron chi connectivity index (χ1n) is 19.9. The lowest BCUT2D eigenvalue weighted by Gasteiger charge is -2.29. The van der Waals surface area contributed by atoms with Crippen molar-refractivity contribution in [2.24, 2.45) is 0 Å². The van der Waals surface area contributed by atoms with Crippen LogP contribution in [-0.2, 0) is 17.8 Å². The van der Waals surface area contributed by atoms with Crippen LogP contribution in [0.4, 0.5) is 10.1 Å². The number of amides is 3. The zero-order chi connectivity index (χ0) is 43.9. The maximum absolute atomic E-state index is 13.4. The Balaban J connectivity index is 1.13. The van der Waals surface area contributed by atoms with E-state index in [1.807, 2.05) is 60.7 Å². The van der Waals surface area contributed by atoms with Gasteiger partial charge in [0.1, 0.15) is 29.9 Å². The van der Waals surface area contributed by atoms with E-state index >= 15 is 0 Å². The summed E-state index contributed by atoms with van der Waals surface area (Å²) in [6.07, 6.45) is -4.72. The number of rotatable bonds is 22. The van der Waals surface area contributed by atoms with E-state index in [1.165, 1.54) is 12.1 Å². The molecule has 5 aromatic carbocycles. The van der Waals surface area contributed by atoms with Crippen LogP contribution in [0.3, 0.4) is 0 Å². The molecular weight excluding hydrogens is 786 g/mol. The molecule has 5 aromatic rings. The first kappa shape index (κ1) is 46.1. The van der Waals surface area contributed by atoms with Crippen LogP contribution in [-0.4, -0.2) is 93.5 Å². The van der Waals surface area contributed by atoms with Gasteiger partial charge in [-0.15, -0.1) is 0 Å². The van der Waals surface area contributed by atoms with E-state index in [4.69, 9.17) is 9.84 Å². The van der Waals surface area contributed by atoms with E-state index in [0.29, 0.717) is 53.8 Å². The van der Waals surface area contributed by atoms with Gasteiger partial charge in [-0.05, 0) is 114 Å². The second kappa shape index (κ2) is 22.6. The van der Waals surface area contributed by atoms with Crippen molar-refractivity contribution in [2.75, 3.05) is 25.2 Å². The standard InChI is InChI=1S/C47H52FN3O10/c1-61-39-23-17-33(18-24-39)40(3-2-4-41(54)34-15-19-37(48)20-16-34)51(29-53)38-21-9-32(10-22-38)26-49-46(59)35-11-5-30(6-12-35)25-31-7-13-36(14-8-31)47(60)50-27-42(55)44(57)45(58)43(56)28-52/h5-24,29,40-45,52,54-58H,2-4,25-28H2,1H3,(H,49,59)(H,50,60). The fraction of sp³-hybridized carbons (Fsp3) is 0.298. The zero-order valence-electron chi connectivity index (χ0n) is 33.7. The van der Waals surface area contributed by atoms with Crippen molar-refractivity contribution in [3.8, 4) is 5.75 Å². The van der Waals surface area contributed by atoms with Gasteiger partial charge in [0.2, 0.25) is 6.41 Å². The summed E-state index contributed by atoms with van der Waals surface area (Å²) >= 11 is 0. The first-order chi connectivity index (χ1) is 29.4. The zero-order valence-corrected chi connectivity index (χ0v) is 33.7. The van der Waals surface area contributed by atoms with Crippen molar-refractivity contribution in [2.45, 2.75) is 68.8 Å². The molecule has 6 atom stereocenters. The number of nitrogens with one attached hydrogen (secondary N) is 2. The van der Waals surface area contributed by atoms with Crippen molar-refractivity contribution < 1.29 is 54.2 Å². The predicted octanol–water partition coefficient (Wildman–Crippen LogP) is 4.13. The van der Waals surface area contributed by atoms with Gasteiger partial charge in [-0.25, -0.2) is 4.39 Å². The van der Waals surface area contributed by atoms with Crippen molar-refractivity contribution in [1.29, 1.82) is 0 Å². The second-order valence-corrected chi connectivity index (χ2v) is 14.7. The van der Waals surface area contributed by atoms with Gasteiger partial charge in [0, 0.05) is 29.9 Å². The van der Waals surface area contributed by atoms with Gasteiger partial charge in [-0.2, -0.15) is 0 Å². The minimum absolute atomic E-state index is 0.249. The Morgan fingerprint density at radius 1 is 0.672 bits per heavy atom. The smallest absolute Gasteiger partial charge is 0.251 e. The molecule has 0 fully saturated rings. The predicted molar refractivity (Wildman–Crippen MR) is 226 cm³/mol. The number of hydrogen-bond donors (Lipinski definition) is 8. The number of methoxy groups -OCH3 is 1. The molecule has 61 heavy (non-hydrogen) atoms. The normalized spacial score (nSPS) is 14.2. The monoisotopic (exact) mass is 837 g/mol. The third-order valence-electron chi connectivity index (χ3n) is 10.5. The van der Waals surface area contributed by atoms with Crippen molar-refractivity contribution in [1.82, 2.24) is 10.6 Å². The van der Waals surface area contributed by atoms with E-state index < -0.39 is 49.6 Å². The SMILES string of the molecule is COc1ccc(C(CCCC(O)c2ccc(F)cc2)N(C=O)c2ccc(CNC(=O)c3ccc(Cc4ccc(C(=O)NCC(O)C(O)C(O)C(O)CO)cc4)cc3)cc2)cc1. The molecular formula is C47H52FN3O10. The second-order valence-electron chi connectivity index (χ2n) is 14.7. The van der Waals surface area contributed by atoms with Crippen LogP contribution in [0.1, 0.15) is 79.9 Å². The summed E-state index contributed by atoms with van der Waals surface area (Å²) in [4.78, 5) is 39.9. The highest BCUT2D eigenvalue weighted by Gasteiger charge is 2.30. The van der Waals surface area contributed by atoms with Gasteiger partial charge in [-0.1, -0.05) is 60.7 Å². The first-order valence-corrected chi connectivity index (χ1v) is 19.9. The third kappa shape index (κ3) is 13.0. The number of aliphatic hydroxyl groups excluding tert-OH is 6. The van der Waals surface area contributed by atoms with Crippen LogP contribution in [0.2, 0.25) is 0 Å². The maximum atomic E-state index is 13.4. The molecule has 6 unspecified atom stereocenters.